The van der Waals surface area contributed by atoms with Crippen LogP contribution in [0.15, 0.2) is 70.2 Å². The first-order valence-electron chi connectivity index (χ1n) is 7.81. The molecule has 0 aliphatic rings. The Morgan fingerprint density at radius 2 is 1.93 bits per heavy atom. The van der Waals surface area contributed by atoms with Crippen LogP contribution in [0.2, 0.25) is 5.02 Å². The number of carboxylic acid groups (broad SMARTS) is 1. The van der Waals surface area contributed by atoms with E-state index >= 15 is 0 Å². The number of hydrazone groups is 1. The molecule has 0 radical (unpaired) electrons. The summed E-state index contributed by atoms with van der Waals surface area (Å²) in [6.45, 7) is 0. The molecule has 8 heteroatoms. The minimum Gasteiger partial charge on any atom is -0.478 e. The summed E-state index contributed by atoms with van der Waals surface area (Å²) < 4.78 is 5.66. The van der Waals surface area contributed by atoms with Gasteiger partial charge >= 0.3 is 5.97 Å². The quantitative estimate of drug-likeness (QED) is 0.329. The van der Waals surface area contributed by atoms with Crippen molar-refractivity contribution in [3.05, 3.63) is 77.0 Å². The fourth-order valence-corrected chi connectivity index (χ4v) is 2.62. The van der Waals surface area contributed by atoms with Gasteiger partial charge in [-0.25, -0.2) is 4.79 Å². The third-order valence-electron chi connectivity index (χ3n) is 3.50. The highest BCUT2D eigenvalue weighted by atomic mass is 35.5. The fraction of sp³-hybridized carbons (Fsp3) is 0. The zero-order valence-electron chi connectivity index (χ0n) is 13.8. The number of furan rings is 1. The number of anilines is 1. The number of rotatable bonds is 5. The lowest BCUT2D eigenvalue weighted by molar-refractivity contribution is 0.0697. The van der Waals surface area contributed by atoms with Gasteiger partial charge in [0.15, 0.2) is 5.11 Å². The van der Waals surface area contributed by atoms with Gasteiger partial charge in [-0.3, -0.25) is 5.43 Å². The lowest BCUT2D eigenvalue weighted by Crippen LogP contribution is -2.23. The first-order valence-corrected chi connectivity index (χ1v) is 8.60. The van der Waals surface area contributed by atoms with Gasteiger partial charge in [-0.2, -0.15) is 5.10 Å². The van der Waals surface area contributed by atoms with Crippen molar-refractivity contribution in [1.29, 1.82) is 0 Å². The SMILES string of the molecule is O=C(O)c1cc(-c2ccc(/C=N/NC(=S)Nc3ccccc3)o2)ccc1Cl. The summed E-state index contributed by atoms with van der Waals surface area (Å²) in [6, 6.07) is 17.6. The third-order valence-corrected chi connectivity index (χ3v) is 4.02. The smallest absolute Gasteiger partial charge is 0.337 e. The number of nitrogens with zero attached hydrogens (tertiary/aromatic N) is 1. The van der Waals surface area contributed by atoms with Crippen LogP contribution < -0.4 is 10.7 Å². The molecule has 0 aliphatic carbocycles. The van der Waals surface area contributed by atoms with Crippen molar-refractivity contribution in [2.75, 3.05) is 5.32 Å². The second-order valence-corrected chi connectivity index (χ2v) is 6.21. The molecule has 136 valence electrons. The molecule has 1 heterocycles. The molecule has 3 rings (SSSR count). The number of carboxylic acids is 1. The lowest BCUT2D eigenvalue weighted by Gasteiger charge is -2.05. The number of aromatic carboxylic acids is 1. The Bertz CT molecular complexity index is 1000. The van der Waals surface area contributed by atoms with Crippen LogP contribution in [0.4, 0.5) is 5.69 Å². The zero-order valence-corrected chi connectivity index (χ0v) is 15.4. The number of carbonyl (C=O) groups is 1. The van der Waals surface area contributed by atoms with E-state index in [1.807, 2.05) is 30.3 Å². The van der Waals surface area contributed by atoms with Crippen LogP contribution in [0.3, 0.4) is 0 Å². The van der Waals surface area contributed by atoms with Crippen molar-refractivity contribution in [3.63, 3.8) is 0 Å². The van der Waals surface area contributed by atoms with E-state index < -0.39 is 5.97 Å². The summed E-state index contributed by atoms with van der Waals surface area (Å²) in [7, 11) is 0. The van der Waals surface area contributed by atoms with Gasteiger partial charge in [0.1, 0.15) is 11.5 Å². The fourth-order valence-electron chi connectivity index (χ4n) is 2.25. The molecule has 3 N–H and O–H groups in total. The Morgan fingerprint density at radius 1 is 1.15 bits per heavy atom. The first kappa shape index (κ1) is 18.6. The number of nitrogens with one attached hydrogen (secondary N) is 2. The summed E-state index contributed by atoms with van der Waals surface area (Å²) in [5.41, 5.74) is 4.16. The number of hydrogen-bond acceptors (Lipinski definition) is 4. The summed E-state index contributed by atoms with van der Waals surface area (Å²) in [6.07, 6.45) is 1.47. The number of thiocarbonyl (C=S) groups is 1. The average Bonchev–Trinajstić information content (AvgIpc) is 3.11. The maximum absolute atomic E-state index is 11.2. The Hall–Kier alpha value is -3.16. The Labute approximate surface area is 165 Å². The standard InChI is InChI=1S/C19H14ClN3O3S/c20-16-8-6-12(10-15(16)18(24)25)17-9-7-14(26-17)11-21-23-19(27)22-13-4-2-1-3-5-13/h1-11H,(H,24,25)(H2,22,23,27)/b21-11+. The lowest BCUT2D eigenvalue weighted by atomic mass is 10.1. The van der Waals surface area contributed by atoms with Crippen LogP contribution in [-0.2, 0) is 0 Å². The van der Waals surface area contributed by atoms with Crippen molar-refractivity contribution in [2.45, 2.75) is 0 Å². The van der Waals surface area contributed by atoms with E-state index in [0.29, 0.717) is 22.2 Å². The molecule has 6 nitrogen and oxygen atoms in total. The highest BCUT2D eigenvalue weighted by Crippen LogP contribution is 2.26. The van der Waals surface area contributed by atoms with Crippen molar-refractivity contribution >= 4 is 46.8 Å². The van der Waals surface area contributed by atoms with E-state index in [-0.39, 0.29) is 10.6 Å². The number of para-hydroxylation sites is 1. The van der Waals surface area contributed by atoms with Crippen LogP contribution >= 0.6 is 23.8 Å². The van der Waals surface area contributed by atoms with Crippen molar-refractivity contribution in [1.82, 2.24) is 5.43 Å². The van der Waals surface area contributed by atoms with Crippen molar-refractivity contribution < 1.29 is 14.3 Å². The predicted molar refractivity (Wildman–Crippen MR) is 110 cm³/mol. The minimum absolute atomic E-state index is 0.0137. The molecule has 0 aliphatic heterocycles. The van der Waals surface area contributed by atoms with Crippen LogP contribution in [0.1, 0.15) is 16.1 Å². The van der Waals surface area contributed by atoms with Gasteiger partial charge in [-0.15, -0.1) is 0 Å². The molecule has 27 heavy (non-hydrogen) atoms. The number of benzene rings is 2. The largest absolute Gasteiger partial charge is 0.478 e. The highest BCUT2D eigenvalue weighted by Gasteiger charge is 2.12. The molecule has 0 unspecified atom stereocenters. The molecule has 0 saturated carbocycles. The molecule has 0 fully saturated rings. The van der Waals surface area contributed by atoms with Gasteiger partial charge in [0.05, 0.1) is 16.8 Å². The number of hydrogen-bond donors (Lipinski definition) is 3. The van der Waals surface area contributed by atoms with Crippen LogP contribution in [0.5, 0.6) is 0 Å². The van der Waals surface area contributed by atoms with Gasteiger partial charge in [0, 0.05) is 11.3 Å². The summed E-state index contributed by atoms with van der Waals surface area (Å²) in [5.74, 6) is -0.119. The van der Waals surface area contributed by atoms with Gasteiger partial charge in [0.2, 0.25) is 0 Å². The molecule has 1 aromatic heterocycles. The zero-order chi connectivity index (χ0) is 19.2. The van der Waals surface area contributed by atoms with Crippen molar-refractivity contribution in [2.24, 2.45) is 5.10 Å². The van der Waals surface area contributed by atoms with E-state index in [1.165, 1.54) is 18.3 Å². The monoisotopic (exact) mass is 399 g/mol. The molecule has 0 atom stereocenters. The van der Waals surface area contributed by atoms with E-state index in [4.69, 9.17) is 33.3 Å². The second kappa shape index (κ2) is 8.48. The molecule has 2 aromatic carbocycles. The van der Waals surface area contributed by atoms with Crippen LogP contribution in [0.25, 0.3) is 11.3 Å². The summed E-state index contributed by atoms with van der Waals surface area (Å²) >= 11 is 11.0. The van der Waals surface area contributed by atoms with E-state index in [1.54, 1.807) is 18.2 Å². The third kappa shape index (κ3) is 4.93. The van der Waals surface area contributed by atoms with Gasteiger partial charge in [-0.1, -0.05) is 29.8 Å². The first-order chi connectivity index (χ1) is 13.0. The molecule has 0 saturated heterocycles. The highest BCUT2D eigenvalue weighted by molar-refractivity contribution is 7.80. The molecule has 0 bridgehead atoms. The Kier molecular flexibility index (Phi) is 5.85. The van der Waals surface area contributed by atoms with E-state index in [0.717, 1.165) is 5.69 Å². The second-order valence-electron chi connectivity index (χ2n) is 5.39. The normalized spacial score (nSPS) is 10.7. The topological polar surface area (TPSA) is 86.9 Å². The minimum atomic E-state index is -1.10. The van der Waals surface area contributed by atoms with Crippen LogP contribution in [-0.4, -0.2) is 22.4 Å². The van der Waals surface area contributed by atoms with Crippen LogP contribution in [0, 0.1) is 0 Å². The van der Waals surface area contributed by atoms with E-state index in [9.17, 15) is 4.79 Å². The van der Waals surface area contributed by atoms with E-state index in [2.05, 4.69) is 15.8 Å². The average molecular weight is 400 g/mol. The predicted octanol–water partition coefficient (Wildman–Crippen LogP) is 4.62. The molecule has 0 spiro atoms. The van der Waals surface area contributed by atoms with Gasteiger partial charge in [-0.05, 0) is 54.7 Å². The molecular formula is C19H14ClN3O3S. The molecular weight excluding hydrogens is 386 g/mol. The summed E-state index contributed by atoms with van der Waals surface area (Å²) in [4.78, 5) is 11.2. The molecule has 0 amide bonds. The van der Waals surface area contributed by atoms with Gasteiger partial charge in [0.25, 0.3) is 0 Å². The Morgan fingerprint density at radius 3 is 2.67 bits per heavy atom. The number of halogens is 1. The maximum atomic E-state index is 11.2. The maximum Gasteiger partial charge on any atom is 0.337 e. The molecule has 3 aromatic rings. The van der Waals surface area contributed by atoms with Crippen molar-refractivity contribution in [3.8, 4) is 11.3 Å². The Balaban J connectivity index is 1.64. The van der Waals surface area contributed by atoms with Gasteiger partial charge < -0.3 is 14.8 Å². The summed E-state index contributed by atoms with van der Waals surface area (Å²) in [5, 5.41) is 16.7.